The van der Waals surface area contributed by atoms with Crippen LogP contribution in [0, 0.1) is 5.92 Å². The van der Waals surface area contributed by atoms with E-state index in [1.54, 1.807) is 0 Å². The van der Waals surface area contributed by atoms with Gasteiger partial charge in [-0.2, -0.15) is 9.78 Å². The zero-order chi connectivity index (χ0) is 26.4. The van der Waals surface area contributed by atoms with Gasteiger partial charge in [-0.25, -0.2) is 9.59 Å². The lowest BCUT2D eigenvalue weighted by Crippen LogP contribution is -2.27. The lowest BCUT2D eigenvalue weighted by Gasteiger charge is -2.24. The van der Waals surface area contributed by atoms with Gasteiger partial charge in [0.1, 0.15) is 11.2 Å². The summed E-state index contributed by atoms with van der Waals surface area (Å²) in [6.07, 6.45) is 5.96. The molecule has 0 spiro atoms. The number of benzene rings is 2. The van der Waals surface area contributed by atoms with Crippen LogP contribution in [0.25, 0.3) is 0 Å². The molecule has 36 heavy (non-hydrogen) atoms. The highest BCUT2D eigenvalue weighted by molar-refractivity contribution is 5.71. The Morgan fingerprint density at radius 2 is 1.19 bits per heavy atom. The molecule has 0 radical (unpaired) electrons. The molecule has 0 heterocycles. The summed E-state index contributed by atoms with van der Waals surface area (Å²) >= 11 is 0. The Morgan fingerprint density at radius 3 is 1.72 bits per heavy atom. The fourth-order valence-electron chi connectivity index (χ4n) is 3.85. The van der Waals surface area contributed by atoms with Crippen molar-refractivity contribution in [3.8, 4) is 0 Å². The summed E-state index contributed by atoms with van der Waals surface area (Å²) < 4.78 is 0. The molecule has 0 fully saturated rings. The first kappa shape index (κ1) is 29.5. The van der Waals surface area contributed by atoms with Gasteiger partial charge in [-0.15, -0.1) is 0 Å². The van der Waals surface area contributed by atoms with Crippen LogP contribution in [0.4, 0.5) is 0 Å². The van der Waals surface area contributed by atoms with Gasteiger partial charge >= 0.3 is 11.9 Å². The molecule has 0 bridgehead atoms. The van der Waals surface area contributed by atoms with E-state index in [-0.39, 0.29) is 18.3 Å². The minimum atomic E-state index is -0.732. The summed E-state index contributed by atoms with van der Waals surface area (Å²) in [5.74, 6) is -0.945. The van der Waals surface area contributed by atoms with E-state index >= 15 is 0 Å². The van der Waals surface area contributed by atoms with Gasteiger partial charge < -0.3 is 0 Å². The highest BCUT2D eigenvalue weighted by Gasteiger charge is 2.28. The third kappa shape index (κ3) is 10.1. The Hall–Kier alpha value is -2.70. The van der Waals surface area contributed by atoms with Crippen LogP contribution in [0.15, 0.2) is 60.7 Å². The number of carbonyl (C=O) groups excluding carboxylic acids is 2. The summed E-state index contributed by atoms with van der Waals surface area (Å²) in [5.41, 5.74) is 0.412. The fraction of sp³-hybridized carbons (Fsp3) is 0.533. The lowest BCUT2D eigenvalue weighted by molar-refractivity contribution is -0.332. The topological polar surface area (TPSA) is 71.1 Å². The molecule has 0 aliphatic heterocycles. The van der Waals surface area contributed by atoms with Crippen molar-refractivity contribution in [3.63, 3.8) is 0 Å². The molecule has 1 unspecified atom stereocenters. The van der Waals surface area contributed by atoms with Crippen LogP contribution < -0.4 is 0 Å². The maximum Gasteiger partial charge on any atom is 0.345 e. The minimum Gasteiger partial charge on any atom is -0.297 e. The second kappa shape index (κ2) is 14.8. The van der Waals surface area contributed by atoms with Crippen LogP contribution in [-0.4, -0.2) is 11.9 Å². The van der Waals surface area contributed by atoms with Gasteiger partial charge in [0.15, 0.2) is 0 Å². The SMILES string of the molecule is CCCCC(CCCCCC(=O)OOC(C)(C)c1ccccc1)C(=O)OOC(C)(C)c1ccccc1. The van der Waals surface area contributed by atoms with E-state index in [2.05, 4.69) is 6.92 Å². The maximum absolute atomic E-state index is 12.8. The summed E-state index contributed by atoms with van der Waals surface area (Å²) in [7, 11) is 0. The molecular formula is C30H42O6. The predicted octanol–water partition coefficient (Wildman–Crippen LogP) is 7.56. The standard InChI is InChI=1S/C30H42O6/c1-6-7-17-24(28(32)34-36-30(4,5)26-21-14-10-15-22-26)18-11-8-16-23-27(31)33-35-29(2,3)25-19-12-9-13-20-25/h9-10,12-15,19-22,24H,6-8,11,16-18,23H2,1-5H3. The Morgan fingerprint density at radius 1 is 0.694 bits per heavy atom. The molecule has 0 aliphatic rings. The van der Waals surface area contributed by atoms with Gasteiger partial charge in [0, 0.05) is 6.42 Å². The van der Waals surface area contributed by atoms with Gasteiger partial charge in [-0.3, -0.25) is 9.78 Å². The molecule has 2 aromatic carbocycles. The zero-order valence-corrected chi connectivity index (χ0v) is 22.5. The number of hydrogen-bond donors (Lipinski definition) is 0. The van der Waals surface area contributed by atoms with Crippen molar-refractivity contribution >= 4 is 11.9 Å². The monoisotopic (exact) mass is 498 g/mol. The molecular weight excluding hydrogens is 456 g/mol. The Kier molecular flexibility index (Phi) is 12.1. The summed E-state index contributed by atoms with van der Waals surface area (Å²) in [5, 5.41) is 0. The normalized spacial score (nSPS) is 12.7. The predicted molar refractivity (Wildman–Crippen MR) is 139 cm³/mol. The van der Waals surface area contributed by atoms with Crippen LogP contribution >= 0.6 is 0 Å². The van der Waals surface area contributed by atoms with Gasteiger partial charge in [-0.1, -0.05) is 93.3 Å². The molecule has 0 N–H and O–H groups in total. The van der Waals surface area contributed by atoms with Crippen LogP contribution in [0.5, 0.6) is 0 Å². The Labute approximate surface area is 216 Å². The van der Waals surface area contributed by atoms with E-state index in [0.29, 0.717) is 12.8 Å². The molecule has 0 aromatic heterocycles. The highest BCUT2D eigenvalue weighted by atomic mass is 17.2. The smallest absolute Gasteiger partial charge is 0.297 e. The number of rotatable bonds is 16. The highest BCUT2D eigenvalue weighted by Crippen LogP contribution is 2.27. The second-order valence-electron chi connectivity index (χ2n) is 10.2. The van der Waals surface area contributed by atoms with Crippen molar-refractivity contribution < 1.29 is 29.1 Å². The minimum absolute atomic E-state index is 0.224. The van der Waals surface area contributed by atoms with E-state index in [9.17, 15) is 9.59 Å². The summed E-state index contributed by atoms with van der Waals surface area (Å²) in [6, 6.07) is 19.3. The number of unbranched alkanes of at least 4 members (excludes halogenated alkanes) is 3. The van der Waals surface area contributed by atoms with Crippen molar-refractivity contribution in [1.82, 2.24) is 0 Å². The first-order valence-electron chi connectivity index (χ1n) is 13.0. The summed E-state index contributed by atoms with van der Waals surface area (Å²) in [4.78, 5) is 46.2. The molecule has 0 saturated carbocycles. The maximum atomic E-state index is 12.8. The third-order valence-electron chi connectivity index (χ3n) is 6.29. The van der Waals surface area contributed by atoms with Crippen molar-refractivity contribution in [1.29, 1.82) is 0 Å². The van der Waals surface area contributed by atoms with Crippen molar-refractivity contribution in [2.45, 2.75) is 97.2 Å². The van der Waals surface area contributed by atoms with Crippen molar-refractivity contribution in [2.24, 2.45) is 5.92 Å². The number of hydrogen-bond acceptors (Lipinski definition) is 6. The summed E-state index contributed by atoms with van der Waals surface area (Å²) in [6.45, 7) is 9.57. The molecule has 0 amide bonds. The van der Waals surface area contributed by atoms with Gasteiger partial charge in [0.25, 0.3) is 0 Å². The van der Waals surface area contributed by atoms with Crippen LogP contribution in [0.2, 0.25) is 0 Å². The van der Waals surface area contributed by atoms with E-state index in [4.69, 9.17) is 19.6 Å². The van der Waals surface area contributed by atoms with Crippen molar-refractivity contribution in [3.05, 3.63) is 71.8 Å². The zero-order valence-electron chi connectivity index (χ0n) is 22.5. The molecule has 1 atom stereocenters. The quantitative estimate of drug-likeness (QED) is 0.135. The average molecular weight is 499 g/mol. The molecule has 6 nitrogen and oxygen atoms in total. The first-order chi connectivity index (χ1) is 17.2. The molecule has 6 heteroatoms. The van der Waals surface area contributed by atoms with Gasteiger partial charge in [0.05, 0.1) is 5.92 Å². The molecule has 2 aromatic rings. The van der Waals surface area contributed by atoms with Gasteiger partial charge in [-0.05, 0) is 58.1 Å². The average Bonchev–Trinajstić information content (AvgIpc) is 2.88. The van der Waals surface area contributed by atoms with E-state index in [1.165, 1.54) is 0 Å². The number of carbonyl (C=O) groups is 2. The Balaban J connectivity index is 1.71. The lowest BCUT2D eigenvalue weighted by atomic mass is 9.95. The van der Waals surface area contributed by atoms with Crippen LogP contribution in [-0.2, 0) is 40.3 Å². The fourth-order valence-corrected chi connectivity index (χ4v) is 3.85. The van der Waals surface area contributed by atoms with E-state index in [0.717, 1.165) is 43.2 Å². The molecule has 0 aliphatic carbocycles. The van der Waals surface area contributed by atoms with Crippen LogP contribution in [0.3, 0.4) is 0 Å². The van der Waals surface area contributed by atoms with Gasteiger partial charge in [0.2, 0.25) is 0 Å². The van der Waals surface area contributed by atoms with E-state index < -0.39 is 17.2 Å². The van der Waals surface area contributed by atoms with E-state index in [1.807, 2.05) is 88.4 Å². The molecule has 0 saturated heterocycles. The first-order valence-corrected chi connectivity index (χ1v) is 13.0. The van der Waals surface area contributed by atoms with Crippen LogP contribution in [0.1, 0.15) is 97.1 Å². The Bertz CT molecular complexity index is 908. The third-order valence-corrected chi connectivity index (χ3v) is 6.29. The second-order valence-corrected chi connectivity index (χ2v) is 10.2. The molecule has 198 valence electrons. The largest absolute Gasteiger partial charge is 0.345 e. The van der Waals surface area contributed by atoms with Crippen molar-refractivity contribution in [2.75, 3.05) is 0 Å². The molecule has 2 rings (SSSR count).